The molecule has 2 heterocycles. The molecule has 1 aromatic rings. The lowest BCUT2D eigenvalue weighted by Gasteiger charge is -2.34. The van der Waals surface area contributed by atoms with E-state index in [1.54, 1.807) is 32.0 Å². The molecule has 0 radical (unpaired) electrons. The number of nitrogens with one attached hydrogen (secondary N) is 6. The van der Waals surface area contributed by atoms with E-state index in [0.717, 1.165) is 4.90 Å². The number of alkyl halides is 6. The van der Waals surface area contributed by atoms with Gasteiger partial charge in [0.15, 0.2) is 0 Å². The fourth-order valence-corrected chi connectivity index (χ4v) is 8.72. The maximum Gasteiger partial charge on any atom is 0.403 e. The first-order valence-electron chi connectivity index (χ1n) is 22.7. The minimum Gasteiger partial charge on any atom is -0.354 e. The number of carbonyl (C=O) groups is 7. The fraction of sp³-hybridized carbons (Fsp3) is 0.705. The maximum absolute atomic E-state index is 14.5. The van der Waals surface area contributed by atoms with Crippen molar-refractivity contribution in [3.05, 3.63) is 33.8 Å². The minimum atomic E-state index is -4.86. The van der Waals surface area contributed by atoms with E-state index in [1.165, 1.54) is 18.9 Å². The maximum atomic E-state index is 14.5. The topological polar surface area (TPSA) is 198 Å². The second kappa shape index (κ2) is 24.3. The Labute approximate surface area is 396 Å². The summed E-state index contributed by atoms with van der Waals surface area (Å²) >= 11 is 12.8. The van der Waals surface area contributed by atoms with Gasteiger partial charge in [0.25, 0.3) is 0 Å². The van der Waals surface area contributed by atoms with Crippen LogP contribution in [0.15, 0.2) is 18.2 Å². The number of likely N-dealkylation sites (N-methyl/N-ethyl adjacent to an activating group) is 1. The number of hydrogen-bond acceptors (Lipinski definition) is 8. The van der Waals surface area contributed by atoms with Crippen LogP contribution in [0, 0.1) is 11.3 Å². The van der Waals surface area contributed by atoms with Crippen molar-refractivity contribution in [1.82, 2.24) is 41.7 Å². The predicted octanol–water partition coefficient (Wildman–Crippen LogP) is 4.71. The second-order valence-corrected chi connectivity index (χ2v) is 18.8. The van der Waals surface area contributed by atoms with E-state index in [1.807, 2.05) is 0 Å². The summed E-state index contributed by atoms with van der Waals surface area (Å²) in [7, 11) is 1.28. The van der Waals surface area contributed by atoms with Crippen LogP contribution in [0.25, 0.3) is 0 Å². The number of nitrogens with zero attached hydrogens (tertiary/aromatic N) is 2. The van der Waals surface area contributed by atoms with Crippen LogP contribution >= 0.6 is 23.2 Å². The molecule has 2 saturated heterocycles. The van der Waals surface area contributed by atoms with Gasteiger partial charge in [0.2, 0.25) is 41.4 Å². The minimum absolute atomic E-state index is 0.0148. The Morgan fingerprint density at radius 2 is 1.58 bits per heavy atom. The van der Waals surface area contributed by atoms with Gasteiger partial charge in [-0.3, -0.25) is 33.6 Å². The summed E-state index contributed by atoms with van der Waals surface area (Å²) in [5.74, 6) is -5.90. The molecule has 7 amide bonds. The van der Waals surface area contributed by atoms with Crippen LogP contribution in [-0.4, -0.2) is 133 Å². The number of benzene rings is 1. The molecule has 6 N–H and O–H groups in total. The Morgan fingerprint density at radius 3 is 2.21 bits per heavy atom. The third-order valence-corrected chi connectivity index (χ3v) is 12.9. The first kappa shape index (κ1) is 55.2. The largest absolute Gasteiger partial charge is 0.403 e. The van der Waals surface area contributed by atoms with Crippen molar-refractivity contribution in [2.45, 2.75) is 153 Å². The zero-order valence-electron chi connectivity index (χ0n) is 38.1. The van der Waals surface area contributed by atoms with E-state index in [0.29, 0.717) is 29.8 Å². The van der Waals surface area contributed by atoms with E-state index >= 15 is 0 Å². The highest BCUT2D eigenvalue weighted by molar-refractivity contribution is 6.33. The molecule has 0 aromatic heterocycles. The SMILES string of the molecule is CC[C@H](NC(=O)C1(C(F)(F)F)CC1)C(=O)N[C@@H](CCCCNCC(F)(F)F)C(=O)N(C)[C@H]1CCCCNC(=O)[C@H]2CCCN2C(=O)[C@H](Cc2cc(Cl)ccc2Cl)NC(=O)[C@H](CC(C)C)NC1=O. The Bertz CT molecular complexity index is 1940. The molecule has 1 aliphatic carbocycles. The van der Waals surface area contributed by atoms with Crippen LogP contribution in [0.1, 0.15) is 103 Å². The molecular formula is C44H62Cl2F6N8O7. The summed E-state index contributed by atoms with van der Waals surface area (Å²) in [4.78, 5) is 100. The highest BCUT2D eigenvalue weighted by Crippen LogP contribution is 2.57. The molecular weight excluding hydrogens is 937 g/mol. The molecule has 3 fully saturated rings. The van der Waals surface area contributed by atoms with Crippen LogP contribution < -0.4 is 31.9 Å². The summed E-state index contributed by atoms with van der Waals surface area (Å²) in [6.07, 6.45) is -9.01. The van der Waals surface area contributed by atoms with Gasteiger partial charge >= 0.3 is 12.4 Å². The number of fused-ring (bicyclic) bond motifs is 1. The highest BCUT2D eigenvalue weighted by Gasteiger charge is 2.68. The standard InChI is InChI=1S/C44H62Cl2F6N8O7/c1-5-29(58-41(67)42(16-17-42)44(50,51)52)35(61)55-30(11-6-8-18-53-24-43(47,48)49)39(65)59(4)33-12-7-9-19-54-37(63)34-13-10-20-60(34)40(66)32(23-26-22-27(45)14-15-28(26)46)57-36(62)31(21-25(2)3)56-38(33)64/h14-15,22,25,29-34,53H,5-13,16-21,23-24H2,1-4H3,(H,54,63)(H,55,61)(H,56,64)(H,57,62)(H,58,67)/t29-,30-,31-,32-,33-,34+/m0/s1. The summed E-state index contributed by atoms with van der Waals surface area (Å²) in [5, 5.41) is 15.9. The normalized spacial score (nSPS) is 22.8. The summed E-state index contributed by atoms with van der Waals surface area (Å²) in [5.41, 5.74) is -2.20. The Balaban J connectivity index is 1.63. The molecule has 6 atom stereocenters. The molecule has 3 aliphatic rings. The fourth-order valence-electron chi connectivity index (χ4n) is 8.33. The first-order valence-corrected chi connectivity index (χ1v) is 23.5. The number of amides is 7. The van der Waals surface area contributed by atoms with Gasteiger partial charge in [-0.1, -0.05) is 44.0 Å². The lowest BCUT2D eigenvalue weighted by Crippen LogP contribution is -2.60. The Morgan fingerprint density at radius 1 is 0.896 bits per heavy atom. The van der Waals surface area contributed by atoms with E-state index in [2.05, 4.69) is 31.9 Å². The first-order chi connectivity index (χ1) is 31.4. The molecule has 0 bridgehead atoms. The van der Waals surface area contributed by atoms with Crippen molar-refractivity contribution in [3.63, 3.8) is 0 Å². The van der Waals surface area contributed by atoms with Gasteiger partial charge in [-0.15, -0.1) is 0 Å². The van der Waals surface area contributed by atoms with Crippen LogP contribution in [0.2, 0.25) is 10.0 Å². The lowest BCUT2D eigenvalue weighted by atomic mass is 9.99. The zero-order valence-corrected chi connectivity index (χ0v) is 39.6. The van der Waals surface area contributed by atoms with Crippen molar-refractivity contribution < 1.29 is 59.9 Å². The Kier molecular flexibility index (Phi) is 20.0. The molecule has 0 unspecified atom stereocenters. The van der Waals surface area contributed by atoms with Gasteiger partial charge in [-0.05, 0) is 113 Å². The number of halogens is 8. The number of carbonyl (C=O) groups excluding carboxylic acids is 7. The van der Waals surface area contributed by atoms with Gasteiger partial charge in [-0.25, -0.2) is 0 Å². The smallest absolute Gasteiger partial charge is 0.354 e. The van der Waals surface area contributed by atoms with Crippen LogP contribution in [-0.2, 0) is 40.0 Å². The van der Waals surface area contributed by atoms with E-state index in [4.69, 9.17) is 23.2 Å². The molecule has 4 rings (SSSR count). The third kappa shape index (κ3) is 15.6. The van der Waals surface area contributed by atoms with Crippen LogP contribution in [0.5, 0.6) is 0 Å². The van der Waals surface area contributed by atoms with Gasteiger partial charge < -0.3 is 41.7 Å². The number of rotatable bonds is 17. The number of unbranched alkanes of at least 4 members (excludes halogenated alkanes) is 1. The summed E-state index contributed by atoms with van der Waals surface area (Å²) in [6.45, 7) is 4.06. The monoisotopic (exact) mass is 998 g/mol. The molecule has 2 aliphatic heterocycles. The molecule has 1 aromatic carbocycles. The van der Waals surface area contributed by atoms with E-state index in [9.17, 15) is 59.9 Å². The second-order valence-electron chi connectivity index (χ2n) is 18.0. The molecule has 376 valence electrons. The van der Waals surface area contributed by atoms with Crippen molar-refractivity contribution in [1.29, 1.82) is 0 Å². The molecule has 1 saturated carbocycles. The van der Waals surface area contributed by atoms with E-state index < -0.39 is 115 Å². The van der Waals surface area contributed by atoms with Gasteiger partial charge in [0.1, 0.15) is 41.7 Å². The van der Waals surface area contributed by atoms with Gasteiger partial charge in [0, 0.05) is 36.6 Å². The molecule has 23 heteroatoms. The quantitative estimate of drug-likeness (QED) is 0.0953. The van der Waals surface area contributed by atoms with E-state index in [-0.39, 0.29) is 81.9 Å². The van der Waals surface area contributed by atoms with Crippen molar-refractivity contribution in [2.75, 3.05) is 33.2 Å². The average Bonchev–Trinajstić information content (AvgIpc) is 3.94. The summed E-state index contributed by atoms with van der Waals surface area (Å²) < 4.78 is 79.6. The van der Waals surface area contributed by atoms with Gasteiger partial charge in [-0.2, -0.15) is 26.3 Å². The van der Waals surface area contributed by atoms with Crippen molar-refractivity contribution >= 4 is 64.6 Å². The highest BCUT2D eigenvalue weighted by atomic mass is 35.5. The predicted molar refractivity (Wildman–Crippen MR) is 236 cm³/mol. The molecule has 0 spiro atoms. The van der Waals surface area contributed by atoms with Gasteiger partial charge in [0.05, 0.1) is 6.54 Å². The van der Waals surface area contributed by atoms with Crippen molar-refractivity contribution in [2.24, 2.45) is 11.3 Å². The zero-order chi connectivity index (χ0) is 49.9. The number of hydrogen-bond donors (Lipinski definition) is 6. The van der Waals surface area contributed by atoms with Crippen LogP contribution in [0.4, 0.5) is 26.3 Å². The third-order valence-electron chi connectivity index (χ3n) is 12.3. The molecule has 15 nitrogen and oxygen atoms in total. The van der Waals surface area contributed by atoms with Crippen LogP contribution in [0.3, 0.4) is 0 Å². The lowest BCUT2D eigenvalue weighted by molar-refractivity contribution is -0.193. The van der Waals surface area contributed by atoms with Crippen molar-refractivity contribution in [3.8, 4) is 0 Å². The summed E-state index contributed by atoms with van der Waals surface area (Å²) in [6, 6.07) is -2.97. The Hall–Kier alpha value is -4.37. The molecule has 67 heavy (non-hydrogen) atoms. The average molecular weight is 1000 g/mol.